The number of hydrogen-bond acceptors (Lipinski definition) is 1. The predicted octanol–water partition coefficient (Wildman–Crippen LogP) is 3.57. The van der Waals surface area contributed by atoms with Crippen molar-refractivity contribution in [3.63, 3.8) is 0 Å². The van der Waals surface area contributed by atoms with E-state index in [0.717, 1.165) is 5.92 Å². The molecule has 0 saturated carbocycles. The highest BCUT2D eigenvalue weighted by Gasteiger charge is 2.16. The monoisotopic (exact) mass is 247 g/mol. The standard InChI is InChI=1S/C15H25NSi/c1-17(2,3)12-13-4-6-14(7-5-13)15-8-10-16-11-9-15/h4-7,15-16H,8-12H2,1-3H3. The number of hydrogen-bond donors (Lipinski definition) is 1. The minimum absolute atomic E-state index is 0.789. The molecule has 0 radical (unpaired) electrons. The Labute approximate surface area is 107 Å². The first kappa shape index (κ1) is 12.8. The van der Waals surface area contributed by atoms with E-state index in [4.69, 9.17) is 0 Å². The van der Waals surface area contributed by atoms with Crippen LogP contribution in [0.3, 0.4) is 0 Å². The highest BCUT2D eigenvalue weighted by molar-refractivity contribution is 6.75. The summed E-state index contributed by atoms with van der Waals surface area (Å²) in [6, 6.07) is 10.8. The van der Waals surface area contributed by atoms with Crippen LogP contribution in [0.1, 0.15) is 29.9 Å². The molecule has 94 valence electrons. The Morgan fingerprint density at radius 3 is 2.18 bits per heavy atom. The average Bonchev–Trinajstić information content (AvgIpc) is 2.29. The summed E-state index contributed by atoms with van der Waals surface area (Å²) in [5, 5.41) is 3.43. The van der Waals surface area contributed by atoms with Gasteiger partial charge in [-0.15, -0.1) is 0 Å². The summed E-state index contributed by atoms with van der Waals surface area (Å²) in [7, 11) is -0.965. The van der Waals surface area contributed by atoms with Crippen LogP contribution < -0.4 is 5.32 Å². The molecule has 1 nitrogen and oxygen atoms in total. The first-order chi connectivity index (χ1) is 8.04. The molecule has 0 spiro atoms. The minimum Gasteiger partial charge on any atom is -0.317 e. The van der Waals surface area contributed by atoms with E-state index in [1.807, 2.05) is 0 Å². The summed E-state index contributed by atoms with van der Waals surface area (Å²) in [6.07, 6.45) is 2.60. The van der Waals surface area contributed by atoms with Gasteiger partial charge < -0.3 is 5.32 Å². The lowest BCUT2D eigenvalue weighted by Crippen LogP contribution is -2.26. The van der Waals surface area contributed by atoms with Crippen LogP contribution in [0.2, 0.25) is 19.6 Å². The molecule has 0 aromatic heterocycles. The molecule has 0 amide bonds. The van der Waals surface area contributed by atoms with Crippen LogP contribution in [0.15, 0.2) is 24.3 Å². The molecule has 1 aromatic rings. The van der Waals surface area contributed by atoms with Gasteiger partial charge in [0.25, 0.3) is 0 Å². The van der Waals surface area contributed by atoms with Crippen LogP contribution in [0.25, 0.3) is 0 Å². The van der Waals surface area contributed by atoms with Gasteiger partial charge in [0.2, 0.25) is 0 Å². The van der Waals surface area contributed by atoms with E-state index < -0.39 is 8.07 Å². The number of nitrogens with one attached hydrogen (secondary N) is 1. The summed E-state index contributed by atoms with van der Waals surface area (Å²) < 4.78 is 0. The maximum absolute atomic E-state index is 3.43. The lowest BCUT2D eigenvalue weighted by molar-refractivity contribution is 0.460. The molecule has 0 bridgehead atoms. The van der Waals surface area contributed by atoms with Crippen LogP contribution in [0, 0.1) is 0 Å². The third-order valence-corrected chi connectivity index (χ3v) is 4.99. The van der Waals surface area contributed by atoms with Gasteiger partial charge in [0.05, 0.1) is 0 Å². The smallest absolute Gasteiger partial charge is 0.0487 e. The van der Waals surface area contributed by atoms with Gasteiger partial charge in [0.1, 0.15) is 0 Å². The summed E-state index contributed by atoms with van der Waals surface area (Å²) in [5.41, 5.74) is 3.08. The molecular formula is C15H25NSi. The Morgan fingerprint density at radius 2 is 1.65 bits per heavy atom. The van der Waals surface area contributed by atoms with Crippen LogP contribution in [0.5, 0.6) is 0 Å². The van der Waals surface area contributed by atoms with Crippen molar-refractivity contribution in [3.8, 4) is 0 Å². The van der Waals surface area contributed by atoms with E-state index in [0.29, 0.717) is 0 Å². The first-order valence-corrected chi connectivity index (χ1v) is 10.5. The second kappa shape index (κ2) is 5.36. The minimum atomic E-state index is -0.965. The van der Waals surface area contributed by atoms with Crippen molar-refractivity contribution in [3.05, 3.63) is 35.4 Å². The van der Waals surface area contributed by atoms with Gasteiger partial charge in [-0.3, -0.25) is 0 Å². The maximum Gasteiger partial charge on any atom is 0.0487 e. The Morgan fingerprint density at radius 1 is 1.06 bits per heavy atom. The summed E-state index contributed by atoms with van der Waals surface area (Å²) in [5.74, 6) is 0.789. The largest absolute Gasteiger partial charge is 0.317 e. The number of benzene rings is 1. The second-order valence-electron chi connectivity index (χ2n) is 6.50. The van der Waals surface area contributed by atoms with Gasteiger partial charge in [-0.2, -0.15) is 0 Å². The number of piperidine rings is 1. The third kappa shape index (κ3) is 3.97. The van der Waals surface area contributed by atoms with E-state index in [-0.39, 0.29) is 0 Å². The Hall–Kier alpha value is -0.603. The molecule has 1 aliphatic heterocycles. The molecule has 0 aliphatic carbocycles. The molecule has 1 heterocycles. The van der Waals surface area contributed by atoms with Crippen LogP contribution >= 0.6 is 0 Å². The SMILES string of the molecule is C[Si](C)(C)Cc1ccc(C2CCNCC2)cc1. The van der Waals surface area contributed by atoms with Crippen molar-refractivity contribution < 1.29 is 0 Å². The summed E-state index contributed by atoms with van der Waals surface area (Å²) >= 11 is 0. The van der Waals surface area contributed by atoms with Crippen molar-refractivity contribution >= 4 is 8.07 Å². The average molecular weight is 247 g/mol. The van der Waals surface area contributed by atoms with E-state index in [1.165, 1.54) is 37.5 Å². The van der Waals surface area contributed by atoms with Gasteiger partial charge >= 0.3 is 0 Å². The molecule has 0 unspecified atom stereocenters. The molecule has 1 fully saturated rings. The van der Waals surface area contributed by atoms with Crippen LogP contribution in [-0.4, -0.2) is 21.2 Å². The lowest BCUT2D eigenvalue weighted by Gasteiger charge is -2.23. The van der Waals surface area contributed by atoms with Gasteiger partial charge in [0, 0.05) is 8.07 Å². The lowest BCUT2D eigenvalue weighted by atomic mass is 9.90. The fourth-order valence-electron chi connectivity index (χ4n) is 2.68. The molecular weight excluding hydrogens is 222 g/mol. The van der Waals surface area contributed by atoms with Crippen molar-refractivity contribution in [2.24, 2.45) is 0 Å². The predicted molar refractivity (Wildman–Crippen MR) is 78.3 cm³/mol. The van der Waals surface area contributed by atoms with Gasteiger partial charge in [-0.1, -0.05) is 49.5 Å². The topological polar surface area (TPSA) is 12.0 Å². The molecule has 1 aliphatic rings. The summed E-state index contributed by atoms with van der Waals surface area (Å²) in [6.45, 7) is 9.68. The highest BCUT2D eigenvalue weighted by atomic mass is 28.3. The first-order valence-electron chi connectivity index (χ1n) is 6.84. The van der Waals surface area contributed by atoms with E-state index in [1.54, 1.807) is 5.56 Å². The van der Waals surface area contributed by atoms with Gasteiger partial charge in [-0.25, -0.2) is 0 Å². The Kier molecular flexibility index (Phi) is 4.05. The van der Waals surface area contributed by atoms with Crippen molar-refractivity contribution in [1.29, 1.82) is 0 Å². The highest BCUT2D eigenvalue weighted by Crippen LogP contribution is 2.25. The van der Waals surface area contributed by atoms with E-state index in [9.17, 15) is 0 Å². The van der Waals surface area contributed by atoms with Crippen molar-refractivity contribution in [2.45, 2.75) is 44.4 Å². The van der Waals surface area contributed by atoms with Gasteiger partial charge in [-0.05, 0) is 43.5 Å². The fraction of sp³-hybridized carbons (Fsp3) is 0.600. The third-order valence-electron chi connectivity index (χ3n) is 3.52. The fourth-order valence-corrected chi connectivity index (χ4v) is 4.14. The molecule has 0 atom stereocenters. The molecule has 1 saturated heterocycles. The zero-order valence-corrected chi connectivity index (χ0v) is 12.4. The zero-order valence-electron chi connectivity index (χ0n) is 11.4. The number of rotatable bonds is 3. The molecule has 2 heteroatoms. The Bertz CT molecular complexity index is 344. The van der Waals surface area contributed by atoms with Crippen LogP contribution in [0.4, 0.5) is 0 Å². The van der Waals surface area contributed by atoms with Crippen LogP contribution in [-0.2, 0) is 6.04 Å². The second-order valence-corrected chi connectivity index (χ2v) is 12.0. The molecule has 1 N–H and O–H groups in total. The Balaban J connectivity index is 2.02. The quantitative estimate of drug-likeness (QED) is 0.805. The zero-order chi connectivity index (χ0) is 12.3. The van der Waals surface area contributed by atoms with E-state index >= 15 is 0 Å². The molecule has 1 aromatic carbocycles. The van der Waals surface area contributed by atoms with E-state index in [2.05, 4.69) is 49.2 Å². The molecule has 2 rings (SSSR count). The van der Waals surface area contributed by atoms with Crippen molar-refractivity contribution in [1.82, 2.24) is 5.32 Å². The van der Waals surface area contributed by atoms with Gasteiger partial charge in [0.15, 0.2) is 0 Å². The maximum atomic E-state index is 3.43. The molecule has 17 heavy (non-hydrogen) atoms. The normalized spacial score (nSPS) is 18.3. The van der Waals surface area contributed by atoms with Crippen molar-refractivity contribution in [2.75, 3.05) is 13.1 Å². The summed E-state index contributed by atoms with van der Waals surface area (Å²) in [4.78, 5) is 0.